The Morgan fingerprint density at radius 2 is 2.00 bits per heavy atom. The second-order valence-electron chi connectivity index (χ2n) is 4.05. The fourth-order valence-corrected chi connectivity index (χ4v) is 2.21. The molecule has 0 amide bonds. The van der Waals surface area contributed by atoms with Crippen molar-refractivity contribution in [3.05, 3.63) is 53.6 Å². The van der Waals surface area contributed by atoms with E-state index in [1.807, 2.05) is 22.6 Å². The number of rotatable bonds is 2. The minimum absolute atomic E-state index is 0.277. The molecule has 0 unspecified atom stereocenters. The minimum Gasteiger partial charge on any atom is -0.301 e. The molecule has 0 aliphatic rings. The van der Waals surface area contributed by atoms with Crippen molar-refractivity contribution in [2.75, 3.05) is 0 Å². The summed E-state index contributed by atoms with van der Waals surface area (Å²) in [5.41, 5.74) is 3.36. The zero-order valence-electron chi connectivity index (χ0n) is 9.92. The standard InChI is InChI=1S/C14H9ClN4/c15-11-1-2-13-18-14(10-4-7-17-8-5-10)12(3-6-16)19(13)9-11/h1-2,4-5,7-9H,3H2. The lowest BCUT2D eigenvalue weighted by atomic mass is 10.1. The quantitative estimate of drug-likeness (QED) is 0.717. The van der Waals surface area contributed by atoms with Gasteiger partial charge in [-0.2, -0.15) is 5.26 Å². The molecule has 0 aliphatic carbocycles. The number of halogens is 1. The molecule has 0 radical (unpaired) electrons. The van der Waals surface area contributed by atoms with E-state index in [1.165, 1.54) is 0 Å². The Balaban J connectivity index is 2.30. The normalized spacial score (nSPS) is 10.5. The van der Waals surface area contributed by atoms with Crippen LogP contribution in [0.1, 0.15) is 5.69 Å². The summed E-state index contributed by atoms with van der Waals surface area (Å²) in [6.07, 6.45) is 5.48. The second kappa shape index (κ2) is 4.71. The number of nitriles is 1. The van der Waals surface area contributed by atoms with E-state index in [0.717, 1.165) is 22.6 Å². The zero-order valence-corrected chi connectivity index (χ0v) is 10.7. The Labute approximate surface area is 114 Å². The largest absolute Gasteiger partial charge is 0.301 e. The third-order valence-corrected chi connectivity index (χ3v) is 3.11. The Kier molecular flexibility index (Phi) is 2.90. The molecule has 0 bridgehead atoms. The summed E-state index contributed by atoms with van der Waals surface area (Å²) in [4.78, 5) is 8.56. The summed E-state index contributed by atoms with van der Waals surface area (Å²) in [6, 6.07) is 9.56. The molecule has 0 atom stereocenters. The fourth-order valence-electron chi connectivity index (χ4n) is 2.05. The summed E-state index contributed by atoms with van der Waals surface area (Å²) in [5, 5.41) is 9.62. The molecule has 3 aromatic rings. The van der Waals surface area contributed by atoms with Crippen molar-refractivity contribution in [1.29, 1.82) is 5.26 Å². The van der Waals surface area contributed by atoms with Crippen LogP contribution in [0, 0.1) is 11.3 Å². The zero-order chi connectivity index (χ0) is 13.2. The van der Waals surface area contributed by atoms with Crippen LogP contribution in [0.15, 0.2) is 42.9 Å². The number of pyridine rings is 2. The lowest BCUT2D eigenvalue weighted by molar-refractivity contribution is 1.06. The van der Waals surface area contributed by atoms with E-state index in [9.17, 15) is 0 Å². The smallest absolute Gasteiger partial charge is 0.137 e. The highest BCUT2D eigenvalue weighted by atomic mass is 35.5. The van der Waals surface area contributed by atoms with Gasteiger partial charge in [0.05, 0.1) is 28.9 Å². The SMILES string of the molecule is N#CCc1c(-c2ccncc2)nc2ccc(Cl)cn12. The summed E-state index contributed by atoms with van der Waals surface area (Å²) < 4.78 is 1.86. The average molecular weight is 269 g/mol. The van der Waals surface area contributed by atoms with Crippen LogP contribution >= 0.6 is 11.6 Å². The third-order valence-electron chi connectivity index (χ3n) is 2.88. The fraction of sp³-hybridized carbons (Fsp3) is 0.0714. The molecule has 0 spiro atoms. The molecule has 4 nitrogen and oxygen atoms in total. The molecule has 0 aromatic carbocycles. The molecule has 92 valence electrons. The molecular formula is C14H9ClN4. The van der Waals surface area contributed by atoms with Gasteiger partial charge in [0.2, 0.25) is 0 Å². The summed E-state index contributed by atoms with van der Waals surface area (Å²) in [6.45, 7) is 0. The van der Waals surface area contributed by atoms with E-state index >= 15 is 0 Å². The van der Waals surface area contributed by atoms with Crippen molar-refractivity contribution < 1.29 is 0 Å². The van der Waals surface area contributed by atoms with Crippen molar-refractivity contribution in [2.45, 2.75) is 6.42 Å². The van der Waals surface area contributed by atoms with Gasteiger partial charge < -0.3 is 4.40 Å². The summed E-state index contributed by atoms with van der Waals surface area (Å²) >= 11 is 6.00. The highest BCUT2D eigenvalue weighted by molar-refractivity contribution is 6.30. The van der Waals surface area contributed by atoms with Gasteiger partial charge in [-0.05, 0) is 24.3 Å². The van der Waals surface area contributed by atoms with Gasteiger partial charge in [0.15, 0.2) is 0 Å². The molecule has 3 aromatic heterocycles. The lowest BCUT2D eigenvalue weighted by Crippen LogP contribution is -1.93. The first kappa shape index (κ1) is 11.7. The molecule has 0 fully saturated rings. The van der Waals surface area contributed by atoms with Gasteiger partial charge in [-0.15, -0.1) is 0 Å². The summed E-state index contributed by atoms with van der Waals surface area (Å²) in [5.74, 6) is 0. The van der Waals surface area contributed by atoms with E-state index in [1.54, 1.807) is 24.7 Å². The van der Waals surface area contributed by atoms with Gasteiger partial charge >= 0.3 is 0 Å². The molecule has 0 aliphatic heterocycles. The van der Waals surface area contributed by atoms with Gasteiger partial charge in [0.25, 0.3) is 0 Å². The first-order valence-corrected chi connectivity index (χ1v) is 6.11. The van der Waals surface area contributed by atoms with E-state index in [4.69, 9.17) is 16.9 Å². The molecular weight excluding hydrogens is 260 g/mol. The number of nitrogens with zero attached hydrogens (tertiary/aromatic N) is 4. The maximum Gasteiger partial charge on any atom is 0.137 e. The molecule has 0 saturated carbocycles. The second-order valence-corrected chi connectivity index (χ2v) is 4.49. The number of hydrogen-bond donors (Lipinski definition) is 0. The maximum atomic E-state index is 9.00. The van der Waals surface area contributed by atoms with Crippen LogP contribution in [-0.2, 0) is 6.42 Å². The molecule has 5 heteroatoms. The first-order chi connectivity index (χ1) is 9.29. The van der Waals surface area contributed by atoms with E-state index in [0.29, 0.717) is 5.02 Å². The maximum absolute atomic E-state index is 9.00. The van der Waals surface area contributed by atoms with Crippen molar-refractivity contribution in [3.8, 4) is 17.3 Å². The average Bonchev–Trinajstić information content (AvgIpc) is 2.79. The molecule has 0 saturated heterocycles. The van der Waals surface area contributed by atoms with Crippen molar-refractivity contribution in [2.24, 2.45) is 0 Å². The topological polar surface area (TPSA) is 54.0 Å². The van der Waals surface area contributed by atoms with Crippen LogP contribution in [0.4, 0.5) is 0 Å². The summed E-state index contributed by atoms with van der Waals surface area (Å²) in [7, 11) is 0. The monoisotopic (exact) mass is 268 g/mol. The highest BCUT2D eigenvalue weighted by Gasteiger charge is 2.13. The van der Waals surface area contributed by atoms with Crippen LogP contribution in [0.25, 0.3) is 16.9 Å². The van der Waals surface area contributed by atoms with Gasteiger partial charge in [0.1, 0.15) is 5.65 Å². The lowest BCUT2D eigenvalue weighted by Gasteiger charge is -2.01. The Morgan fingerprint density at radius 3 is 2.74 bits per heavy atom. The Morgan fingerprint density at radius 1 is 1.21 bits per heavy atom. The highest BCUT2D eigenvalue weighted by Crippen LogP contribution is 2.25. The molecule has 3 rings (SSSR count). The van der Waals surface area contributed by atoms with Crippen molar-refractivity contribution in [3.63, 3.8) is 0 Å². The van der Waals surface area contributed by atoms with E-state index < -0.39 is 0 Å². The van der Waals surface area contributed by atoms with E-state index in [-0.39, 0.29) is 6.42 Å². The molecule has 0 N–H and O–H groups in total. The van der Waals surface area contributed by atoms with Gasteiger partial charge in [-0.3, -0.25) is 4.98 Å². The van der Waals surface area contributed by atoms with Crippen molar-refractivity contribution in [1.82, 2.24) is 14.4 Å². The van der Waals surface area contributed by atoms with Crippen LogP contribution in [0.5, 0.6) is 0 Å². The predicted octanol–water partition coefficient (Wildman–Crippen LogP) is 3.12. The van der Waals surface area contributed by atoms with Crippen LogP contribution < -0.4 is 0 Å². The first-order valence-electron chi connectivity index (χ1n) is 5.73. The van der Waals surface area contributed by atoms with Crippen molar-refractivity contribution >= 4 is 17.2 Å². The Hall–Kier alpha value is -2.38. The van der Waals surface area contributed by atoms with Crippen LogP contribution in [0.2, 0.25) is 5.02 Å². The third kappa shape index (κ3) is 2.05. The van der Waals surface area contributed by atoms with Crippen LogP contribution in [-0.4, -0.2) is 14.4 Å². The molecule has 3 heterocycles. The Bertz CT molecular complexity index is 771. The number of aromatic nitrogens is 3. The predicted molar refractivity (Wildman–Crippen MR) is 72.8 cm³/mol. The van der Waals surface area contributed by atoms with Gasteiger partial charge in [-0.25, -0.2) is 4.98 Å². The molecule has 19 heavy (non-hydrogen) atoms. The van der Waals surface area contributed by atoms with Gasteiger partial charge in [-0.1, -0.05) is 11.6 Å². The van der Waals surface area contributed by atoms with Crippen LogP contribution in [0.3, 0.4) is 0 Å². The minimum atomic E-state index is 0.277. The van der Waals surface area contributed by atoms with E-state index in [2.05, 4.69) is 16.0 Å². The van der Waals surface area contributed by atoms with Gasteiger partial charge in [0, 0.05) is 24.2 Å². The number of fused-ring (bicyclic) bond motifs is 1. The number of hydrogen-bond acceptors (Lipinski definition) is 3. The number of imidazole rings is 1.